The summed E-state index contributed by atoms with van der Waals surface area (Å²) in [4.78, 5) is 22.5. The third-order valence-electron chi connectivity index (χ3n) is 5.49. The molecule has 0 aromatic rings. The number of hydrogen-bond donors (Lipinski definition) is 4. The van der Waals surface area contributed by atoms with E-state index in [1.165, 1.54) is 6.08 Å². The molecule has 206 valence electrons. The van der Waals surface area contributed by atoms with Crippen LogP contribution in [0.4, 0.5) is 0 Å². The Balaban J connectivity index is 0.000000270. The van der Waals surface area contributed by atoms with Crippen LogP contribution in [0, 0.1) is 0 Å². The molecule has 3 fully saturated rings. The molecule has 3 aliphatic heterocycles. The molecule has 0 bridgehead atoms. The monoisotopic (exact) mass is 512 g/mol. The maximum absolute atomic E-state index is 11.3. The summed E-state index contributed by atoms with van der Waals surface area (Å²) in [5.74, 6) is -0.219. The summed E-state index contributed by atoms with van der Waals surface area (Å²) in [5, 5.41) is 37.5. The van der Waals surface area contributed by atoms with Gasteiger partial charge in [0.2, 0.25) is 0 Å². The van der Waals surface area contributed by atoms with Gasteiger partial charge in [0.05, 0.1) is 22.9 Å². The molecule has 0 amide bonds. The van der Waals surface area contributed by atoms with Crippen molar-refractivity contribution in [3.63, 3.8) is 0 Å². The van der Waals surface area contributed by atoms with E-state index in [0.717, 1.165) is 0 Å². The Bertz CT molecular complexity index is 784. The highest BCUT2D eigenvalue weighted by Gasteiger charge is 2.44. The molecule has 9 nitrogen and oxygen atoms in total. The van der Waals surface area contributed by atoms with Gasteiger partial charge in [0, 0.05) is 19.3 Å². The molecule has 3 aliphatic rings. The van der Waals surface area contributed by atoms with E-state index < -0.39 is 35.1 Å². The van der Waals surface area contributed by atoms with E-state index in [-0.39, 0.29) is 48.8 Å². The van der Waals surface area contributed by atoms with Gasteiger partial charge in [-0.2, -0.15) is 0 Å². The van der Waals surface area contributed by atoms with E-state index >= 15 is 0 Å². The minimum atomic E-state index is -1.03. The molecule has 0 unspecified atom stereocenters. The predicted octanol–water partition coefficient (Wildman–Crippen LogP) is 1.80. The van der Waals surface area contributed by atoms with Crippen molar-refractivity contribution in [2.75, 3.05) is 0 Å². The quantitative estimate of drug-likeness (QED) is 0.268. The Morgan fingerprint density at radius 1 is 1.03 bits per heavy atom. The van der Waals surface area contributed by atoms with Crippen molar-refractivity contribution in [1.82, 2.24) is 0 Å². The number of carbonyl (C=O) groups excluding carboxylic acids is 2. The normalized spacial score (nSPS) is 31.4. The molecule has 0 spiro atoms. The van der Waals surface area contributed by atoms with E-state index in [0.29, 0.717) is 6.42 Å². The maximum Gasteiger partial charge on any atom is 0.167 e. The minimum Gasteiger partial charge on any atom is -0.390 e. The van der Waals surface area contributed by atoms with Crippen LogP contribution in [0.15, 0.2) is 38.0 Å². The van der Waals surface area contributed by atoms with Gasteiger partial charge < -0.3 is 34.6 Å². The number of aliphatic hydroxyl groups excluding tert-OH is 2. The molecule has 3 heterocycles. The Labute approximate surface area is 214 Å². The first kappa shape index (κ1) is 32.3. The first-order valence-corrected chi connectivity index (χ1v) is 12.1. The number of hydrogen-bond acceptors (Lipinski definition) is 9. The minimum absolute atomic E-state index is 0.0256. The van der Waals surface area contributed by atoms with Gasteiger partial charge in [0.1, 0.15) is 36.6 Å². The first-order chi connectivity index (χ1) is 16.3. The van der Waals surface area contributed by atoms with Crippen molar-refractivity contribution >= 4 is 11.6 Å². The highest BCUT2D eigenvalue weighted by molar-refractivity contribution is 5.87. The zero-order chi connectivity index (χ0) is 28.1. The third-order valence-corrected chi connectivity index (χ3v) is 5.49. The lowest BCUT2D eigenvalue weighted by Crippen LogP contribution is -2.48. The third kappa shape index (κ3) is 11.6. The van der Waals surface area contributed by atoms with E-state index in [1.54, 1.807) is 39.8 Å². The fraction of sp³-hybridized carbons (Fsp3) is 0.704. The zero-order valence-electron chi connectivity index (χ0n) is 22.3. The first-order valence-electron chi connectivity index (χ1n) is 12.1. The van der Waals surface area contributed by atoms with Crippen LogP contribution in [0.25, 0.3) is 0 Å². The molecule has 7 atom stereocenters. The molecule has 0 aliphatic carbocycles. The Morgan fingerprint density at radius 3 is 1.94 bits per heavy atom. The molecule has 3 saturated heterocycles. The van der Waals surface area contributed by atoms with Gasteiger partial charge in [-0.1, -0.05) is 18.2 Å². The second-order valence-corrected chi connectivity index (χ2v) is 11.3. The van der Waals surface area contributed by atoms with Gasteiger partial charge in [0.25, 0.3) is 0 Å². The van der Waals surface area contributed by atoms with Gasteiger partial charge in [-0.25, -0.2) is 0 Å². The number of rotatable bonds is 9. The SMILES string of the molecule is C=C[C@@H]1O[C@H]1C(=O)CC(C)(C)O.C=C[C@@H]1O[C@H]1[C@@H](O)CC(C)(C)O.C=C[C@H]1OC(C)(C)CC(=O)[C@@H]1O. The fourth-order valence-corrected chi connectivity index (χ4v) is 3.71. The summed E-state index contributed by atoms with van der Waals surface area (Å²) in [6.07, 6.45) is 2.63. The molecule has 4 N–H and O–H groups in total. The van der Waals surface area contributed by atoms with Crippen molar-refractivity contribution in [2.45, 2.75) is 120 Å². The number of aliphatic hydroxyl groups is 4. The summed E-state index contributed by atoms with van der Waals surface area (Å²) >= 11 is 0. The number of Topliss-reactive ketones (excluding diaryl/α,β-unsaturated/α-hetero) is 2. The molecule has 0 aromatic carbocycles. The van der Waals surface area contributed by atoms with Crippen molar-refractivity contribution < 1.29 is 44.2 Å². The van der Waals surface area contributed by atoms with Crippen LogP contribution in [0.2, 0.25) is 0 Å². The van der Waals surface area contributed by atoms with Gasteiger partial charge >= 0.3 is 0 Å². The Kier molecular flexibility index (Phi) is 11.4. The number of ketones is 2. The molecule has 36 heavy (non-hydrogen) atoms. The molecular formula is C27H44O9. The van der Waals surface area contributed by atoms with Crippen molar-refractivity contribution in [1.29, 1.82) is 0 Å². The number of carbonyl (C=O) groups is 2. The lowest BCUT2D eigenvalue weighted by Gasteiger charge is -2.36. The predicted molar refractivity (Wildman–Crippen MR) is 135 cm³/mol. The van der Waals surface area contributed by atoms with Gasteiger partial charge in [-0.3, -0.25) is 9.59 Å². The smallest absolute Gasteiger partial charge is 0.167 e. The van der Waals surface area contributed by atoms with Crippen LogP contribution in [0.1, 0.15) is 60.8 Å². The number of epoxide rings is 2. The average molecular weight is 513 g/mol. The topological polar surface area (TPSA) is 149 Å². The van der Waals surface area contributed by atoms with E-state index in [2.05, 4.69) is 19.7 Å². The van der Waals surface area contributed by atoms with Crippen LogP contribution in [0.5, 0.6) is 0 Å². The second kappa shape index (κ2) is 12.7. The van der Waals surface area contributed by atoms with Crippen molar-refractivity contribution in [2.24, 2.45) is 0 Å². The largest absolute Gasteiger partial charge is 0.390 e. The summed E-state index contributed by atoms with van der Waals surface area (Å²) in [6.45, 7) is 20.8. The lowest BCUT2D eigenvalue weighted by molar-refractivity contribution is -0.165. The molecular weight excluding hydrogens is 468 g/mol. The van der Waals surface area contributed by atoms with Crippen molar-refractivity contribution in [3.8, 4) is 0 Å². The second-order valence-electron chi connectivity index (χ2n) is 11.3. The summed E-state index contributed by atoms with van der Waals surface area (Å²) < 4.78 is 15.5. The zero-order valence-corrected chi connectivity index (χ0v) is 22.3. The maximum atomic E-state index is 11.3. The summed E-state index contributed by atoms with van der Waals surface area (Å²) in [6, 6.07) is 0. The van der Waals surface area contributed by atoms with Crippen LogP contribution in [-0.2, 0) is 23.8 Å². The highest BCUT2D eigenvalue weighted by Crippen LogP contribution is 2.30. The molecule has 0 saturated carbocycles. The van der Waals surface area contributed by atoms with E-state index in [9.17, 15) is 30.0 Å². The summed E-state index contributed by atoms with van der Waals surface area (Å²) in [5.41, 5.74) is -2.25. The van der Waals surface area contributed by atoms with Gasteiger partial charge in [0.15, 0.2) is 11.6 Å². The average Bonchev–Trinajstić information content (AvgIpc) is 3.62. The Hall–Kier alpha value is -1.72. The molecule has 0 aromatic heterocycles. The van der Waals surface area contributed by atoms with E-state index in [4.69, 9.17) is 14.2 Å². The van der Waals surface area contributed by atoms with Crippen molar-refractivity contribution in [3.05, 3.63) is 38.0 Å². The van der Waals surface area contributed by atoms with Crippen LogP contribution in [0.3, 0.4) is 0 Å². The van der Waals surface area contributed by atoms with E-state index in [1.807, 2.05) is 13.8 Å². The van der Waals surface area contributed by atoms with Gasteiger partial charge in [-0.15, -0.1) is 19.7 Å². The van der Waals surface area contributed by atoms with Gasteiger partial charge in [-0.05, 0) is 41.5 Å². The lowest BCUT2D eigenvalue weighted by atomic mass is 9.92. The molecule has 3 rings (SSSR count). The highest BCUT2D eigenvalue weighted by atomic mass is 16.6. The summed E-state index contributed by atoms with van der Waals surface area (Å²) in [7, 11) is 0. The Morgan fingerprint density at radius 2 is 1.56 bits per heavy atom. The van der Waals surface area contributed by atoms with Crippen LogP contribution < -0.4 is 0 Å². The fourth-order valence-electron chi connectivity index (χ4n) is 3.71. The molecule has 9 heteroatoms. The standard InChI is InChI=1S/C9H16O3.2C9H14O3/c2*1-4-7-8(12-7)6(10)5-9(2,3)11;1-4-7-8(11)6(10)5-9(2,3)12-7/h4,6-8,10-11H,1,5H2,2-3H3;2*4,7-8,11H,1,5H2,2-3H3/t6-,7-,8-;7-,8-;7-,8+/m001/s1. The van der Waals surface area contributed by atoms with Crippen LogP contribution >= 0.6 is 0 Å². The number of ether oxygens (including phenoxy) is 3. The van der Waals surface area contributed by atoms with Crippen LogP contribution in [-0.4, -0.2) is 91.5 Å². The molecule has 0 radical (unpaired) electrons.